The Bertz CT molecular complexity index is 602. The van der Waals surface area contributed by atoms with Gasteiger partial charge in [0, 0.05) is 11.1 Å². The Kier molecular flexibility index (Phi) is 2.85. The van der Waals surface area contributed by atoms with Crippen LogP contribution in [0.2, 0.25) is 0 Å². The number of amides is 2. The van der Waals surface area contributed by atoms with Crippen LogP contribution in [0.4, 0.5) is 4.79 Å². The third-order valence-corrected chi connectivity index (χ3v) is 2.59. The molecule has 0 atom stereocenters. The maximum atomic E-state index is 12.1. The van der Waals surface area contributed by atoms with E-state index in [2.05, 4.69) is 5.10 Å². The summed E-state index contributed by atoms with van der Waals surface area (Å²) in [6.07, 6.45) is 0. The van der Waals surface area contributed by atoms with Crippen molar-refractivity contribution in [3.8, 4) is 0 Å². The summed E-state index contributed by atoms with van der Waals surface area (Å²) in [6.45, 7) is 1.51. The molecule has 1 aromatic rings. The maximum Gasteiger partial charge on any atom is 0.332 e. The number of hydrogen-bond acceptors (Lipinski definition) is 4. The number of nitrogens with zero attached hydrogens (tertiary/aromatic N) is 1. The molecule has 0 saturated carbocycles. The smallest absolute Gasteiger partial charge is 0.332 e. The second-order valence-electron chi connectivity index (χ2n) is 3.77. The van der Waals surface area contributed by atoms with E-state index in [-0.39, 0.29) is 22.8 Å². The quantitative estimate of drug-likeness (QED) is 0.538. The number of Topliss-reactive ketones (excluding diaryl/α,β-unsaturated/α-hetero) is 1. The Labute approximate surface area is 103 Å². The van der Waals surface area contributed by atoms with Gasteiger partial charge in [0.1, 0.15) is 5.76 Å². The molecule has 0 aromatic heterocycles. The van der Waals surface area contributed by atoms with Crippen LogP contribution in [0.15, 0.2) is 34.9 Å². The number of aliphatic hydroxyl groups is 1. The number of fused-ring (bicyclic) bond motifs is 1. The highest BCUT2D eigenvalue weighted by atomic mass is 16.3. The van der Waals surface area contributed by atoms with E-state index in [0.717, 1.165) is 0 Å². The van der Waals surface area contributed by atoms with Crippen LogP contribution in [0.1, 0.15) is 22.8 Å². The van der Waals surface area contributed by atoms with Crippen LogP contribution in [0.5, 0.6) is 0 Å². The van der Waals surface area contributed by atoms with Crippen molar-refractivity contribution in [3.63, 3.8) is 0 Å². The largest absolute Gasteiger partial charge is 0.506 e. The van der Waals surface area contributed by atoms with E-state index in [0.29, 0.717) is 11.1 Å². The summed E-state index contributed by atoms with van der Waals surface area (Å²) in [5, 5.41) is 13.6. The predicted molar refractivity (Wildman–Crippen MR) is 66.1 cm³/mol. The summed E-state index contributed by atoms with van der Waals surface area (Å²) in [6, 6.07) is 5.86. The molecule has 18 heavy (non-hydrogen) atoms. The standard InChI is InChI=1S/C12H11N3O3/c1-6(14-15-12(13)18)9-10(16)7-4-2-3-5-8(7)11(9)17/h2-5,16H,1H3,(H3,13,15,18). The van der Waals surface area contributed by atoms with Crippen LogP contribution in [-0.2, 0) is 0 Å². The molecule has 0 bridgehead atoms. The van der Waals surface area contributed by atoms with Crippen molar-refractivity contribution >= 4 is 23.3 Å². The van der Waals surface area contributed by atoms with Crippen molar-refractivity contribution in [1.82, 2.24) is 5.43 Å². The zero-order valence-electron chi connectivity index (χ0n) is 9.60. The summed E-state index contributed by atoms with van der Waals surface area (Å²) in [7, 11) is 0. The summed E-state index contributed by atoms with van der Waals surface area (Å²) in [5.41, 5.74) is 8.05. The molecule has 2 amide bonds. The molecule has 2 rings (SSSR count). The lowest BCUT2D eigenvalue weighted by Gasteiger charge is -2.01. The third kappa shape index (κ3) is 1.84. The van der Waals surface area contributed by atoms with E-state index in [1.165, 1.54) is 6.92 Å². The van der Waals surface area contributed by atoms with Gasteiger partial charge in [0.15, 0.2) is 5.78 Å². The molecule has 1 aliphatic rings. The number of carbonyl (C=O) groups excluding carboxylic acids is 2. The van der Waals surface area contributed by atoms with E-state index in [9.17, 15) is 14.7 Å². The van der Waals surface area contributed by atoms with Crippen molar-refractivity contribution in [2.45, 2.75) is 6.92 Å². The van der Waals surface area contributed by atoms with Gasteiger partial charge in [0.2, 0.25) is 0 Å². The van der Waals surface area contributed by atoms with Gasteiger partial charge < -0.3 is 10.8 Å². The van der Waals surface area contributed by atoms with Gasteiger partial charge in [-0.2, -0.15) is 5.10 Å². The first-order chi connectivity index (χ1) is 8.52. The number of primary amides is 1. The highest BCUT2D eigenvalue weighted by Crippen LogP contribution is 2.31. The number of hydrogen-bond donors (Lipinski definition) is 3. The van der Waals surface area contributed by atoms with Crippen LogP contribution in [0, 0.1) is 0 Å². The minimum atomic E-state index is -0.836. The topological polar surface area (TPSA) is 105 Å². The molecule has 1 aliphatic carbocycles. The predicted octanol–water partition coefficient (Wildman–Crippen LogP) is 1.20. The minimum Gasteiger partial charge on any atom is -0.506 e. The van der Waals surface area contributed by atoms with Crippen LogP contribution in [-0.4, -0.2) is 22.6 Å². The Morgan fingerprint density at radius 3 is 2.50 bits per heavy atom. The summed E-state index contributed by atoms with van der Waals surface area (Å²) >= 11 is 0. The number of urea groups is 1. The SMILES string of the molecule is CC(=NNC(N)=O)C1=C(O)c2ccccc2C1=O. The lowest BCUT2D eigenvalue weighted by molar-refractivity contribution is 0.104. The average molecular weight is 245 g/mol. The zero-order chi connectivity index (χ0) is 13.3. The molecule has 0 spiro atoms. The number of aliphatic hydroxyl groups excluding tert-OH is 1. The Morgan fingerprint density at radius 1 is 1.33 bits per heavy atom. The molecule has 0 unspecified atom stereocenters. The Hall–Kier alpha value is -2.63. The van der Waals surface area contributed by atoms with Crippen molar-refractivity contribution in [1.29, 1.82) is 0 Å². The Balaban J connectivity index is 2.43. The second-order valence-corrected chi connectivity index (χ2v) is 3.77. The molecule has 0 heterocycles. The molecular formula is C12H11N3O3. The number of nitrogens with one attached hydrogen (secondary N) is 1. The van der Waals surface area contributed by atoms with Crippen LogP contribution in [0.3, 0.4) is 0 Å². The number of nitrogens with two attached hydrogens (primary N) is 1. The van der Waals surface area contributed by atoms with Crippen molar-refractivity contribution < 1.29 is 14.7 Å². The third-order valence-electron chi connectivity index (χ3n) is 2.59. The fourth-order valence-electron chi connectivity index (χ4n) is 1.79. The van der Waals surface area contributed by atoms with E-state index >= 15 is 0 Å². The van der Waals surface area contributed by atoms with Gasteiger partial charge in [0.05, 0.1) is 11.3 Å². The number of benzene rings is 1. The maximum absolute atomic E-state index is 12.1. The zero-order valence-corrected chi connectivity index (χ0v) is 9.60. The van der Waals surface area contributed by atoms with E-state index < -0.39 is 6.03 Å². The first kappa shape index (κ1) is 11.8. The fraction of sp³-hybridized carbons (Fsp3) is 0.0833. The van der Waals surface area contributed by atoms with E-state index in [1.54, 1.807) is 24.3 Å². The fourth-order valence-corrected chi connectivity index (χ4v) is 1.79. The molecule has 1 aromatic carbocycles. The van der Waals surface area contributed by atoms with Crippen molar-refractivity contribution in [3.05, 3.63) is 41.0 Å². The molecule has 6 heteroatoms. The van der Waals surface area contributed by atoms with Gasteiger partial charge in [0.25, 0.3) is 0 Å². The lowest BCUT2D eigenvalue weighted by atomic mass is 10.1. The van der Waals surface area contributed by atoms with Gasteiger partial charge in [-0.3, -0.25) is 4.79 Å². The normalized spacial score (nSPS) is 14.7. The highest BCUT2D eigenvalue weighted by molar-refractivity contribution is 6.35. The molecule has 4 N–H and O–H groups in total. The van der Waals surface area contributed by atoms with Gasteiger partial charge >= 0.3 is 6.03 Å². The first-order valence-corrected chi connectivity index (χ1v) is 5.20. The van der Waals surface area contributed by atoms with Crippen molar-refractivity contribution in [2.75, 3.05) is 0 Å². The summed E-state index contributed by atoms with van der Waals surface area (Å²) in [4.78, 5) is 22.6. The molecule has 6 nitrogen and oxygen atoms in total. The number of hydrazone groups is 1. The number of allylic oxidation sites excluding steroid dienone is 1. The van der Waals surface area contributed by atoms with E-state index in [1.807, 2.05) is 5.43 Å². The van der Waals surface area contributed by atoms with Crippen LogP contribution >= 0.6 is 0 Å². The van der Waals surface area contributed by atoms with Crippen LogP contribution in [0.25, 0.3) is 5.76 Å². The molecule has 0 saturated heterocycles. The second kappa shape index (κ2) is 4.33. The lowest BCUT2D eigenvalue weighted by Crippen LogP contribution is -2.26. The average Bonchev–Trinajstić information content (AvgIpc) is 2.60. The minimum absolute atomic E-state index is 0.0740. The van der Waals surface area contributed by atoms with Gasteiger partial charge in [-0.25, -0.2) is 10.2 Å². The molecule has 0 radical (unpaired) electrons. The molecule has 0 aliphatic heterocycles. The molecule has 0 fully saturated rings. The van der Waals surface area contributed by atoms with Crippen molar-refractivity contribution in [2.24, 2.45) is 10.8 Å². The summed E-state index contributed by atoms with van der Waals surface area (Å²) < 4.78 is 0. The first-order valence-electron chi connectivity index (χ1n) is 5.20. The molecule has 92 valence electrons. The number of ketones is 1. The summed E-state index contributed by atoms with van der Waals surface area (Å²) in [5.74, 6) is -0.459. The number of carbonyl (C=O) groups is 2. The highest BCUT2D eigenvalue weighted by Gasteiger charge is 2.30. The van der Waals surface area contributed by atoms with E-state index in [4.69, 9.17) is 5.73 Å². The Morgan fingerprint density at radius 2 is 1.94 bits per heavy atom. The monoisotopic (exact) mass is 245 g/mol. The van der Waals surface area contributed by atoms with Crippen LogP contribution < -0.4 is 11.2 Å². The molecular weight excluding hydrogens is 234 g/mol. The van der Waals surface area contributed by atoms with Gasteiger partial charge in [-0.15, -0.1) is 0 Å². The number of rotatable bonds is 2. The van der Waals surface area contributed by atoms with Gasteiger partial charge in [-0.1, -0.05) is 24.3 Å². The van der Waals surface area contributed by atoms with Gasteiger partial charge in [-0.05, 0) is 6.92 Å².